The summed E-state index contributed by atoms with van der Waals surface area (Å²) in [4.78, 5) is 36.1. The Labute approximate surface area is 174 Å². The quantitative estimate of drug-likeness (QED) is 0.458. The zero-order valence-electron chi connectivity index (χ0n) is 16.9. The smallest absolute Gasteiger partial charge is 0.326 e. The van der Waals surface area contributed by atoms with Gasteiger partial charge in [0.1, 0.15) is 18.1 Å². The highest BCUT2D eigenvalue weighted by Gasteiger charge is 2.18. The van der Waals surface area contributed by atoms with Crippen LogP contribution in [-0.2, 0) is 14.3 Å². The van der Waals surface area contributed by atoms with E-state index in [0.717, 1.165) is 18.9 Å². The van der Waals surface area contributed by atoms with Gasteiger partial charge in [-0.05, 0) is 55.8 Å². The Balaban J connectivity index is 1.76. The van der Waals surface area contributed by atoms with Crippen LogP contribution in [-0.4, -0.2) is 37.0 Å². The predicted octanol–water partition coefficient (Wildman–Crippen LogP) is 3.30. The van der Waals surface area contributed by atoms with Crippen molar-refractivity contribution >= 4 is 23.5 Å². The maximum absolute atomic E-state index is 13.2. The van der Waals surface area contributed by atoms with Gasteiger partial charge < -0.3 is 20.1 Å². The van der Waals surface area contributed by atoms with Gasteiger partial charge in [0.05, 0.1) is 6.61 Å². The number of nitrogens with one attached hydrogen (secondary N) is 2. The summed E-state index contributed by atoms with van der Waals surface area (Å²) in [6, 6.07) is 11.9. The van der Waals surface area contributed by atoms with E-state index in [2.05, 4.69) is 17.6 Å². The van der Waals surface area contributed by atoms with Crippen LogP contribution in [0.15, 0.2) is 48.5 Å². The van der Waals surface area contributed by atoms with Crippen molar-refractivity contribution in [3.05, 3.63) is 59.9 Å². The van der Waals surface area contributed by atoms with Crippen molar-refractivity contribution in [3.8, 4) is 5.75 Å². The molecule has 1 atom stereocenters. The number of halogens is 1. The predicted molar refractivity (Wildman–Crippen MR) is 110 cm³/mol. The summed E-state index contributed by atoms with van der Waals surface area (Å²) in [5.41, 5.74) is 0.612. The van der Waals surface area contributed by atoms with Crippen LogP contribution in [0.2, 0.25) is 0 Å². The average Bonchev–Trinajstić information content (AvgIpc) is 2.72. The van der Waals surface area contributed by atoms with E-state index in [-0.39, 0.29) is 5.69 Å². The summed E-state index contributed by atoms with van der Waals surface area (Å²) in [5, 5.41) is 4.88. The molecule has 2 amide bonds. The Morgan fingerprint density at radius 2 is 1.83 bits per heavy atom. The molecule has 8 heteroatoms. The van der Waals surface area contributed by atoms with E-state index in [1.54, 1.807) is 24.3 Å². The van der Waals surface area contributed by atoms with E-state index in [9.17, 15) is 18.8 Å². The number of hydrogen-bond acceptors (Lipinski definition) is 5. The summed E-state index contributed by atoms with van der Waals surface area (Å²) in [6.07, 6.45) is 0.863. The molecule has 0 bridgehead atoms. The Morgan fingerprint density at radius 1 is 1.10 bits per heavy atom. The number of anilines is 1. The van der Waals surface area contributed by atoms with Crippen LogP contribution < -0.4 is 15.4 Å². The molecule has 0 aliphatic heterocycles. The van der Waals surface area contributed by atoms with Gasteiger partial charge in [0, 0.05) is 11.3 Å². The number of ether oxygens (including phenoxy) is 2. The number of hydrogen-bond donors (Lipinski definition) is 2. The molecule has 2 rings (SSSR count). The maximum Gasteiger partial charge on any atom is 0.326 e. The Hall–Kier alpha value is -3.42. The van der Waals surface area contributed by atoms with Crippen molar-refractivity contribution < 1.29 is 28.2 Å². The monoisotopic (exact) mass is 416 g/mol. The molecule has 0 spiro atoms. The minimum Gasteiger partial charge on any atom is -0.494 e. The van der Waals surface area contributed by atoms with Crippen LogP contribution >= 0.6 is 0 Å². The van der Waals surface area contributed by atoms with Crippen LogP contribution in [0.1, 0.15) is 37.0 Å². The molecule has 0 saturated heterocycles. The number of carbonyl (C=O) groups is 3. The van der Waals surface area contributed by atoms with Crippen LogP contribution in [0, 0.1) is 5.82 Å². The molecule has 2 aromatic rings. The number of carbonyl (C=O) groups excluding carboxylic acids is 3. The Kier molecular flexibility index (Phi) is 8.80. The summed E-state index contributed by atoms with van der Waals surface area (Å²) >= 11 is 0. The topological polar surface area (TPSA) is 93.7 Å². The average molecular weight is 416 g/mol. The van der Waals surface area contributed by atoms with Gasteiger partial charge in [-0.15, -0.1) is 0 Å². The zero-order chi connectivity index (χ0) is 21.9. The first kappa shape index (κ1) is 22.9. The van der Waals surface area contributed by atoms with E-state index in [1.165, 1.54) is 25.1 Å². The van der Waals surface area contributed by atoms with Crippen molar-refractivity contribution in [3.63, 3.8) is 0 Å². The van der Waals surface area contributed by atoms with Crippen molar-refractivity contribution in [2.24, 2.45) is 0 Å². The van der Waals surface area contributed by atoms with Crippen LogP contribution in [0.25, 0.3) is 0 Å². The Bertz CT molecular complexity index is 870. The first-order valence-electron chi connectivity index (χ1n) is 9.66. The van der Waals surface area contributed by atoms with E-state index in [4.69, 9.17) is 9.47 Å². The first-order chi connectivity index (χ1) is 14.4. The Morgan fingerprint density at radius 3 is 2.50 bits per heavy atom. The lowest BCUT2D eigenvalue weighted by Gasteiger charge is -2.14. The summed E-state index contributed by atoms with van der Waals surface area (Å²) in [5.74, 6) is -1.68. The third kappa shape index (κ3) is 7.54. The number of esters is 1. The first-order valence-corrected chi connectivity index (χ1v) is 9.66. The van der Waals surface area contributed by atoms with Gasteiger partial charge in [-0.3, -0.25) is 14.4 Å². The van der Waals surface area contributed by atoms with Crippen molar-refractivity contribution in [1.29, 1.82) is 0 Å². The minimum absolute atomic E-state index is 0.248. The second-order valence-electron chi connectivity index (χ2n) is 6.54. The third-order valence-corrected chi connectivity index (χ3v) is 4.05. The fraction of sp³-hybridized carbons (Fsp3) is 0.318. The van der Waals surface area contributed by atoms with Crippen molar-refractivity contribution in [2.75, 3.05) is 18.5 Å². The van der Waals surface area contributed by atoms with Gasteiger partial charge in [0.15, 0.2) is 6.10 Å². The van der Waals surface area contributed by atoms with Gasteiger partial charge in [0.2, 0.25) is 0 Å². The van der Waals surface area contributed by atoms with E-state index < -0.39 is 36.2 Å². The van der Waals surface area contributed by atoms with E-state index in [1.807, 2.05) is 0 Å². The SMILES string of the molecule is CCCCOc1ccc(C(=O)NCC(=O)O[C@@H](C)C(=O)Nc2cccc(F)c2)cc1. The number of amides is 2. The summed E-state index contributed by atoms with van der Waals surface area (Å²) < 4.78 is 23.7. The van der Waals surface area contributed by atoms with Gasteiger partial charge in [-0.1, -0.05) is 19.4 Å². The highest BCUT2D eigenvalue weighted by molar-refractivity contribution is 5.97. The highest BCUT2D eigenvalue weighted by atomic mass is 19.1. The highest BCUT2D eigenvalue weighted by Crippen LogP contribution is 2.13. The zero-order valence-corrected chi connectivity index (χ0v) is 16.9. The van der Waals surface area contributed by atoms with Gasteiger partial charge in [0.25, 0.3) is 11.8 Å². The normalized spacial score (nSPS) is 11.3. The summed E-state index contributed by atoms with van der Waals surface area (Å²) in [6.45, 7) is 3.66. The fourth-order valence-electron chi connectivity index (χ4n) is 2.39. The standard InChI is InChI=1S/C22H25FN2O5/c1-3-4-12-29-19-10-8-16(9-11-19)22(28)24-14-20(26)30-15(2)21(27)25-18-7-5-6-17(23)13-18/h5-11,13,15H,3-4,12,14H2,1-2H3,(H,24,28)(H,25,27)/t15-/m0/s1. The molecule has 0 saturated carbocycles. The lowest BCUT2D eigenvalue weighted by molar-refractivity contribution is -0.152. The van der Waals surface area contributed by atoms with Gasteiger partial charge in [-0.2, -0.15) is 0 Å². The molecule has 7 nitrogen and oxygen atoms in total. The van der Waals surface area contributed by atoms with Crippen LogP contribution in [0.3, 0.4) is 0 Å². The molecule has 0 radical (unpaired) electrons. The lowest BCUT2D eigenvalue weighted by Crippen LogP contribution is -2.35. The summed E-state index contributed by atoms with van der Waals surface area (Å²) in [7, 11) is 0. The largest absolute Gasteiger partial charge is 0.494 e. The molecule has 30 heavy (non-hydrogen) atoms. The lowest BCUT2D eigenvalue weighted by atomic mass is 10.2. The molecule has 0 unspecified atom stereocenters. The molecule has 0 aromatic heterocycles. The van der Waals surface area contributed by atoms with E-state index >= 15 is 0 Å². The number of benzene rings is 2. The van der Waals surface area contributed by atoms with Gasteiger partial charge >= 0.3 is 5.97 Å². The maximum atomic E-state index is 13.2. The molecule has 0 aliphatic rings. The minimum atomic E-state index is -1.11. The molecular formula is C22H25FN2O5. The molecule has 2 aromatic carbocycles. The van der Waals surface area contributed by atoms with E-state index in [0.29, 0.717) is 17.9 Å². The third-order valence-electron chi connectivity index (χ3n) is 4.05. The molecule has 2 N–H and O–H groups in total. The molecule has 160 valence electrons. The van der Waals surface area contributed by atoms with Gasteiger partial charge in [-0.25, -0.2) is 4.39 Å². The van der Waals surface area contributed by atoms with Crippen molar-refractivity contribution in [1.82, 2.24) is 5.32 Å². The number of unbranched alkanes of at least 4 members (excludes halogenated alkanes) is 1. The molecular weight excluding hydrogens is 391 g/mol. The van der Waals surface area contributed by atoms with Crippen LogP contribution in [0.5, 0.6) is 5.75 Å². The second kappa shape index (κ2) is 11.5. The second-order valence-corrected chi connectivity index (χ2v) is 6.54. The fourth-order valence-corrected chi connectivity index (χ4v) is 2.39. The molecule has 0 heterocycles. The molecule has 0 aliphatic carbocycles. The van der Waals surface area contributed by atoms with Crippen molar-refractivity contribution in [2.45, 2.75) is 32.8 Å². The molecule has 0 fully saturated rings. The van der Waals surface area contributed by atoms with Crippen LogP contribution in [0.4, 0.5) is 10.1 Å². The number of rotatable bonds is 10.